The van der Waals surface area contributed by atoms with E-state index in [9.17, 15) is 0 Å². The van der Waals surface area contributed by atoms with Crippen LogP contribution in [-0.2, 0) is 6.54 Å². The Morgan fingerprint density at radius 2 is 2.03 bits per heavy atom. The van der Waals surface area contributed by atoms with Crippen molar-refractivity contribution in [1.82, 2.24) is 15.3 Å². The highest BCUT2D eigenvalue weighted by atomic mass is 35.5. The van der Waals surface area contributed by atoms with Crippen molar-refractivity contribution in [1.29, 1.82) is 0 Å². The van der Waals surface area contributed by atoms with Crippen LogP contribution in [0.25, 0.3) is 5.57 Å². The zero-order valence-electron chi connectivity index (χ0n) is 18.4. The fourth-order valence-corrected chi connectivity index (χ4v) is 4.01. The summed E-state index contributed by atoms with van der Waals surface area (Å²) in [5, 5.41) is 7.13. The SMILES string of the molecule is NC1=N/C=C(/c2ccnc(NCc3cccc(Cl)c3)n2)C/C=C\NC1=NC1CCC(N)CC1. The van der Waals surface area contributed by atoms with Gasteiger partial charge in [-0.1, -0.05) is 29.8 Å². The first-order valence-corrected chi connectivity index (χ1v) is 11.5. The number of halogens is 1. The molecule has 2 aliphatic rings. The van der Waals surface area contributed by atoms with Crippen molar-refractivity contribution in [2.75, 3.05) is 5.32 Å². The lowest BCUT2D eigenvalue weighted by molar-refractivity contribution is 0.396. The summed E-state index contributed by atoms with van der Waals surface area (Å²) in [5.41, 5.74) is 15.0. The van der Waals surface area contributed by atoms with Gasteiger partial charge in [-0.05, 0) is 62.1 Å². The molecule has 1 fully saturated rings. The lowest BCUT2D eigenvalue weighted by Gasteiger charge is -2.23. The van der Waals surface area contributed by atoms with Crippen molar-refractivity contribution >= 4 is 34.8 Å². The Morgan fingerprint density at radius 3 is 2.85 bits per heavy atom. The Morgan fingerprint density at radius 1 is 1.18 bits per heavy atom. The minimum atomic E-state index is 0.216. The van der Waals surface area contributed by atoms with Gasteiger partial charge in [-0.15, -0.1) is 0 Å². The summed E-state index contributed by atoms with van der Waals surface area (Å²) in [6.07, 6.45) is 11.9. The van der Waals surface area contributed by atoms with Gasteiger partial charge in [0.2, 0.25) is 5.95 Å². The fraction of sp³-hybridized carbons (Fsp3) is 0.333. The standard InChI is InChI=1S/C24H29ClN8/c25-18-5-1-3-16(13-18)14-31-24-29-12-10-21(33-24)17-4-2-11-28-23(22(27)30-15-17)32-20-8-6-19(26)7-9-20/h1-3,5,10-13,15,19-20H,4,6-9,14,26H2,(H2,27,30)(H,28,32)(H,29,31,33)/b11-2-,17-15+. The monoisotopic (exact) mass is 464 g/mol. The predicted octanol–water partition coefficient (Wildman–Crippen LogP) is 3.62. The second kappa shape index (κ2) is 11.1. The molecule has 9 heteroatoms. The second-order valence-corrected chi connectivity index (χ2v) is 8.65. The van der Waals surface area contributed by atoms with Crippen molar-refractivity contribution < 1.29 is 0 Å². The van der Waals surface area contributed by atoms with Gasteiger partial charge >= 0.3 is 0 Å². The maximum atomic E-state index is 6.25. The minimum absolute atomic E-state index is 0.216. The predicted molar refractivity (Wildman–Crippen MR) is 135 cm³/mol. The molecular weight excluding hydrogens is 436 g/mol. The summed E-state index contributed by atoms with van der Waals surface area (Å²) in [5.74, 6) is 1.48. The molecule has 0 spiro atoms. The van der Waals surface area contributed by atoms with Crippen molar-refractivity contribution in [2.45, 2.75) is 50.7 Å². The highest BCUT2D eigenvalue weighted by molar-refractivity contribution is 6.40. The molecule has 0 atom stereocenters. The van der Waals surface area contributed by atoms with E-state index in [1.54, 1.807) is 12.4 Å². The number of allylic oxidation sites excluding steroid dienone is 2. The zero-order chi connectivity index (χ0) is 23.0. The number of aliphatic imine (C=N–C) groups is 2. The van der Waals surface area contributed by atoms with E-state index in [1.165, 1.54) is 0 Å². The normalized spacial score (nSPS) is 25.0. The molecule has 4 rings (SSSR count). The molecule has 8 nitrogen and oxygen atoms in total. The molecule has 6 N–H and O–H groups in total. The van der Waals surface area contributed by atoms with Crippen molar-refractivity contribution in [3.05, 3.63) is 71.3 Å². The van der Waals surface area contributed by atoms with Crippen LogP contribution < -0.4 is 22.1 Å². The van der Waals surface area contributed by atoms with Crippen LogP contribution in [0.15, 0.2) is 65.0 Å². The fourth-order valence-electron chi connectivity index (χ4n) is 3.80. The maximum absolute atomic E-state index is 6.25. The summed E-state index contributed by atoms with van der Waals surface area (Å²) in [7, 11) is 0. The number of anilines is 1. The highest BCUT2D eigenvalue weighted by Crippen LogP contribution is 2.21. The Balaban J connectivity index is 1.48. The number of hydrogen-bond acceptors (Lipinski definition) is 7. The third-order valence-electron chi connectivity index (χ3n) is 5.66. The van der Waals surface area contributed by atoms with Gasteiger partial charge in [0.05, 0.1) is 11.7 Å². The van der Waals surface area contributed by atoms with E-state index in [1.807, 2.05) is 42.6 Å². The van der Waals surface area contributed by atoms with Gasteiger partial charge < -0.3 is 22.1 Å². The van der Waals surface area contributed by atoms with Gasteiger partial charge in [0.25, 0.3) is 0 Å². The lowest BCUT2D eigenvalue weighted by Crippen LogP contribution is -2.36. The average Bonchev–Trinajstić information content (AvgIpc) is 2.91. The number of nitrogens with one attached hydrogen (secondary N) is 2. The number of rotatable bonds is 5. The van der Waals surface area contributed by atoms with Crippen LogP contribution in [0.5, 0.6) is 0 Å². The molecule has 2 heterocycles. The molecule has 1 aromatic heterocycles. The molecule has 1 aromatic carbocycles. The summed E-state index contributed by atoms with van der Waals surface area (Å²) < 4.78 is 0. The summed E-state index contributed by atoms with van der Waals surface area (Å²) in [4.78, 5) is 18.2. The molecule has 2 aromatic rings. The van der Waals surface area contributed by atoms with E-state index in [0.717, 1.165) is 42.5 Å². The largest absolute Gasteiger partial charge is 0.381 e. The highest BCUT2D eigenvalue weighted by Gasteiger charge is 2.19. The van der Waals surface area contributed by atoms with Crippen LogP contribution in [0.3, 0.4) is 0 Å². The zero-order valence-corrected chi connectivity index (χ0v) is 19.2. The van der Waals surface area contributed by atoms with E-state index >= 15 is 0 Å². The van der Waals surface area contributed by atoms with Gasteiger partial charge in [0.15, 0.2) is 11.7 Å². The Kier molecular flexibility index (Phi) is 7.70. The molecule has 172 valence electrons. The number of nitrogens with zero attached hydrogens (tertiary/aromatic N) is 4. The van der Waals surface area contributed by atoms with Crippen LogP contribution in [-0.4, -0.2) is 33.7 Å². The number of nitrogens with two attached hydrogens (primary N) is 2. The van der Waals surface area contributed by atoms with E-state index in [0.29, 0.717) is 35.6 Å². The van der Waals surface area contributed by atoms with E-state index in [-0.39, 0.29) is 12.1 Å². The van der Waals surface area contributed by atoms with E-state index in [2.05, 4.69) is 25.6 Å². The Hall–Kier alpha value is -3.23. The van der Waals surface area contributed by atoms with Gasteiger partial charge in [-0.25, -0.2) is 15.0 Å². The smallest absolute Gasteiger partial charge is 0.223 e. The van der Waals surface area contributed by atoms with Crippen molar-refractivity contribution in [2.24, 2.45) is 21.5 Å². The molecule has 0 unspecified atom stereocenters. The van der Waals surface area contributed by atoms with Crippen molar-refractivity contribution in [3.63, 3.8) is 0 Å². The second-order valence-electron chi connectivity index (χ2n) is 8.21. The number of amidine groups is 2. The quantitative estimate of drug-likeness (QED) is 0.535. The molecule has 0 radical (unpaired) electrons. The van der Waals surface area contributed by atoms with Crippen LogP contribution >= 0.6 is 11.6 Å². The maximum Gasteiger partial charge on any atom is 0.223 e. The van der Waals surface area contributed by atoms with Crippen LogP contribution in [0, 0.1) is 0 Å². The molecule has 1 saturated carbocycles. The number of benzene rings is 1. The van der Waals surface area contributed by atoms with E-state index < -0.39 is 0 Å². The molecule has 33 heavy (non-hydrogen) atoms. The number of hydrogen-bond donors (Lipinski definition) is 4. The van der Waals surface area contributed by atoms with Gasteiger partial charge in [-0.3, -0.25) is 4.99 Å². The topological polar surface area (TPSA) is 127 Å². The number of aromatic nitrogens is 2. The molecule has 0 amide bonds. The van der Waals surface area contributed by atoms with Crippen LogP contribution in [0.2, 0.25) is 5.02 Å². The first-order chi connectivity index (χ1) is 16.1. The summed E-state index contributed by atoms with van der Waals surface area (Å²) in [6.45, 7) is 0.573. The van der Waals surface area contributed by atoms with Gasteiger partial charge in [0, 0.05) is 35.6 Å². The molecule has 0 bridgehead atoms. The van der Waals surface area contributed by atoms with Gasteiger partial charge in [-0.2, -0.15) is 0 Å². The Labute approximate surface area is 199 Å². The first kappa shape index (κ1) is 22.9. The summed E-state index contributed by atoms with van der Waals surface area (Å²) in [6, 6.07) is 10.0. The molecular formula is C24H29ClN8. The third-order valence-corrected chi connectivity index (χ3v) is 5.89. The third kappa shape index (κ3) is 6.63. The van der Waals surface area contributed by atoms with E-state index in [4.69, 9.17) is 28.1 Å². The molecule has 1 aliphatic carbocycles. The minimum Gasteiger partial charge on any atom is -0.381 e. The average molecular weight is 465 g/mol. The molecule has 0 saturated heterocycles. The van der Waals surface area contributed by atoms with Crippen molar-refractivity contribution in [3.8, 4) is 0 Å². The van der Waals surface area contributed by atoms with Crippen LogP contribution in [0.1, 0.15) is 43.4 Å². The first-order valence-electron chi connectivity index (χ1n) is 11.2. The molecule has 1 aliphatic heterocycles. The Bertz CT molecular complexity index is 1080. The lowest BCUT2D eigenvalue weighted by atomic mass is 9.92. The van der Waals surface area contributed by atoms with Crippen LogP contribution in [0.4, 0.5) is 5.95 Å². The van der Waals surface area contributed by atoms with Gasteiger partial charge in [0.1, 0.15) is 0 Å². The summed E-state index contributed by atoms with van der Waals surface area (Å²) >= 11 is 6.06.